The Balaban J connectivity index is 1.80. The Labute approximate surface area is 161 Å². The molecule has 27 heavy (non-hydrogen) atoms. The minimum atomic E-state index is -3.71. The molecule has 2 heterocycles. The molecular formula is C19H28N2O5S. The third-order valence-electron chi connectivity index (χ3n) is 5.12. The van der Waals surface area contributed by atoms with Gasteiger partial charge in [0.1, 0.15) is 10.6 Å². The first-order chi connectivity index (χ1) is 13.0. The van der Waals surface area contributed by atoms with E-state index >= 15 is 0 Å². The fraction of sp³-hybridized carbons (Fsp3) is 0.632. The van der Waals surface area contributed by atoms with Crippen molar-refractivity contribution in [3.8, 4) is 5.75 Å². The fourth-order valence-corrected chi connectivity index (χ4v) is 5.25. The van der Waals surface area contributed by atoms with Crippen LogP contribution in [0.5, 0.6) is 5.75 Å². The van der Waals surface area contributed by atoms with E-state index in [2.05, 4.69) is 5.32 Å². The molecule has 0 spiro atoms. The Bertz CT molecular complexity index is 751. The molecule has 1 unspecified atom stereocenters. The molecule has 1 aromatic carbocycles. The van der Waals surface area contributed by atoms with Crippen LogP contribution in [0.1, 0.15) is 48.9 Å². The largest absolute Gasteiger partial charge is 0.495 e. The van der Waals surface area contributed by atoms with Crippen LogP contribution >= 0.6 is 0 Å². The van der Waals surface area contributed by atoms with E-state index in [-0.39, 0.29) is 22.7 Å². The van der Waals surface area contributed by atoms with E-state index < -0.39 is 10.0 Å². The number of amides is 1. The first kappa shape index (κ1) is 20.1. The fourth-order valence-electron chi connectivity index (χ4n) is 3.55. The Morgan fingerprint density at radius 1 is 1.22 bits per heavy atom. The van der Waals surface area contributed by atoms with Crippen LogP contribution < -0.4 is 10.1 Å². The predicted molar refractivity (Wildman–Crippen MR) is 102 cm³/mol. The normalized spacial score (nSPS) is 21.6. The summed E-state index contributed by atoms with van der Waals surface area (Å²) >= 11 is 0. The zero-order valence-corrected chi connectivity index (χ0v) is 16.6. The van der Waals surface area contributed by atoms with E-state index in [9.17, 15) is 13.2 Å². The average Bonchev–Trinajstić information content (AvgIpc) is 3.04. The maximum atomic E-state index is 13.2. The molecule has 0 aliphatic carbocycles. The van der Waals surface area contributed by atoms with Gasteiger partial charge in [0.2, 0.25) is 10.0 Å². The highest BCUT2D eigenvalue weighted by atomic mass is 32.2. The van der Waals surface area contributed by atoms with Gasteiger partial charge in [-0.1, -0.05) is 12.8 Å². The van der Waals surface area contributed by atoms with Gasteiger partial charge in [0.15, 0.2) is 0 Å². The number of hydrogen-bond acceptors (Lipinski definition) is 5. The van der Waals surface area contributed by atoms with Gasteiger partial charge in [-0.3, -0.25) is 4.79 Å². The molecule has 150 valence electrons. The smallest absolute Gasteiger partial charge is 0.251 e. The molecule has 2 aliphatic rings. The van der Waals surface area contributed by atoms with Crippen LogP contribution in [0.3, 0.4) is 0 Å². The van der Waals surface area contributed by atoms with Gasteiger partial charge in [-0.2, -0.15) is 4.31 Å². The van der Waals surface area contributed by atoms with Crippen molar-refractivity contribution in [2.75, 3.05) is 33.4 Å². The van der Waals surface area contributed by atoms with Gasteiger partial charge in [-0.05, 0) is 43.9 Å². The third-order valence-corrected chi connectivity index (χ3v) is 7.04. The highest BCUT2D eigenvalue weighted by Crippen LogP contribution is 2.29. The van der Waals surface area contributed by atoms with Crippen molar-refractivity contribution in [1.29, 1.82) is 0 Å². The summed E-state index contributed by atoms with van der Waals surface area (Å²) < 4.78 is 38.6. The molecule has 2 aliphatic heterocycles. The number of methoxy groups -OCH3 is 1. The zero-order valence-electron chi connectivity index (χ0n) is 15.8. The molecule has 0 bridgehead atoms. The molecule has 1 N–H and O–H groups in total. The molecular weight excluding hydrogens is 368 g/mol. The highest BCUT2D eigenvalue weighted by molar-refractivity contribution is 7.89. The summed E-state index contributed by atoms with van der Waals surface area (Å²) in [4.78, 5) is 12.5. The molecule has 2 saturated heterocycles. The van der Waals surface area contributed by atoms with Gasteiger partial charge in [0.05, 0.1) is 13.2 Å². The van der Waals surface area contributed by atoms with Crippen LogP contribution in [-0.2, 0) is 14.8 Å². The maximum absolute atomic E-state index is 13.2. The second kappa shape index (κ2) is 9.03. The molecule has 0 radical (unpaired) electrons. The lowest BCUT2D eigenvalue weighted by molar-refractivity contribution is 0.0857. The topological polar surface area (TPSA) is 84.9 Å². The summed E-state index contributed by atoms with van der Waals surface area (Å²) in [5.41, 5.74) is 0.308. The first-order valence-corrected chi connectivity index (χ1v) is 11.0. The minimum Gasteiger partial charge on any atom is -0.495 e. The van der Waals surface area contributed by atoms with Crippen molar-refractivity contribution in [3.63, 3.8) is 0 Å². The van der Waals surface area contributed by atoms with Gasteiger partial charge < -0.3 is 14.8 Å². The second-order valence-electron chi connectivity index (χ2n) is 7.03. The van der Waals surface area contributed by atoms with Crippen molar-refractivity contribution in [2.45, 2.75) is 49.5 Å². The first-order valence-electron chi connectivity index (χ1n) is 9.60. The Kier molecular flexibility index (Phi) is 6.73. The van der Waals surface area contributed by atoms with Crippen LogP contribution in [0.2, 0.25) is 0 Å². The zero-order chi connectivity index (χ0) is 19.3. The van der Waals surface area contributed by atoms with Crippen LogP contribution in [0, 0.1) is 0 Å². The minimum absolute atomic E-state index is 0.0347. The molecule has 1 aromatic rings. The van der Waals surface area contributed by atoms with Crippen LogP contribution in [0.15, 0.2) is 23.1 Å². The number of sulfonamides is 1. The molecule has 3 rings (SSSR count). The molecule has 7 nitrogen and oxygen atoms in total. The van der Waals surface area contributed by atoms with Gasteiger partial charge >= 0.3 is 0 Å². The third kappa shape index (κ3) is 4.80. The summed E-state index contributed by atoms with van der Waals surface area (Å²) in [7, 11) is -2.27. The molecule has 1 amide bonds. The number of carbonyl (C=O) groups is 1. The highest BCUT2D eigenvalue weighted by Gasteiger charge is 2.29. The van der Waals surface area contributed by atoms with Crippen molar-refractivity contribution < 1.29 is 22.7 Å². The summed E-state index contributed by atoms with van der Waals surface area (Å²) in [6.45, 7) is 2.15. The van der Waals surface area contributed by atoms with Crippen LogP contribution in [0.4, 0.5) is 0 Å². The second-order valence-corrected chi connectivity index (χ2v) is 8.94. The van der Waals surface area contributed by atoms with Crippen LogP contribution in [0.25, 0.3) is 0 Å². The van der Waals surface area contributed by atoms with Gasteiger partial charge in [0.25, 0.3) is 5.91 Å². The van der Waals surface area contributed by atoms with E-state index in [0.29, 0.717) is 25.2 Å². The summed E-state index contributed by atoms with van der Waals surface area (Å²) in [6, 6.07) is 4.56. The van der Waals surface area contributed by atoms with E-state index in [1.54, 1.807) is 12.1 Å². The average molecular weight is 397 g/mol. The number of nitrogens with one attached hydrogen (secondary N) is 1. The summed E-state index contributed by atoms with van der Waals surface area (Å²) in [5.74, 6) is -0.0459. The van der Waals surface area contributed by atoms with Crippen molar-refractivity contribution >= 4 is 15.9 Å². The number of carbonyl (C=O) groups excluding carboxylic acids is 1. The Morgan fingerprint density at radius 2 is 1.96 bits per heavy atom. The number of ether oxygens (including phenoxy) is 2. The molecule has 1 atom stereocenters. The number of hydrogen-bond donors (Lipinski definition) is 1. The molecule has 0 aromatic heterocycles. The van der Waals surface area contributed by atoms with E-state index in [1.165, 1.54) is 17.5 Å². The van der Waals surface area contributed by atoms with E-state index in [4.69, 9.17) is 9.47 Å². The van der Waals surface area contributed by atoms with Gasteiger partial charge in [0, 0.05) is 31.8 Å². The Hall–Kier alpha value is -1.64. The van der Waals surface area contributed by atoms with Crippen molar-refractivity contribution in [2.24, 2.45) is 0 Å². The Morgan fingerprint density at radius 3 is 2.59 bits per heavy atom. The standard InChI is InChI=1S/C19H28N2O5S/c1-25-17-9-8-15(19(22)20-14-16-7-6-12-26-16)13-18(17)27(23,24)21-10-4-2-3-5-11-21/h8-9,13,16H,2-7,10-12,14H2,1H3,(H,20,22). The lowest BCUT2D eigenvalue weighted by Crippen LogP contribution is -2.33. The SMILES string of the molecule is COc1ccc(C(=O)NCC2CCCO2)cc1S(=O)(=O)N1CCCCCC1. The molecule has 0 saturated carbocycles. The van der Waals surface area contributed by atoms with E-state index in [0.717, 1.165) is 45.1 Å². The lowest BCUT2D eigenvalue weighted by Gasteiger charge is -2.21. The maximum Gasteiger partial charge on any atom is 0.251 e. The number of rotatable bonds is 6. The monoisotopic (exact) mass is 396 g/mol. The van der Waals surface area contributed by atoms with Gasteiger partial charge in [-0.15, -0.1) is 0 Å². The van der Waals surface area contributed by atoms with Gasteiger partial charge in [-0.25, -0.2) is 8.42 Å². The van der Waals surface area contributed by atoms with Crippen molar-refractivity contribution in [3.05, 3.63) is 23.8 Å². The summed E-state index contributed by atoms with van der Waals surface area (Å²) in [5, 5.41) is 2.83. The lowest BCUT2D eigenvalue weighted by atomic mass is 10.2. The molecule has 8 heteroatoms. The summed E-state index contributed by atoms with van der Waals surface area (Å²) in [6.07, 6.45) is 5.74. The number of benzene rings is 1. The predicted octanol–water partition coefficient (Wildman–Crippen LogP) is 2.17. The van der Waals surface area contributed by atoms with Crippen LogP contribution in [-0.4, -0.2) is 58.1 Å². The number of nitrogens with zero attached hydrogens (tertiary/aromatic N) is 1. The van der Waals surface area contributed by atoms with Crippen molar-refractivity contribution in [1.82, 2.24) is 9.62 Å². The molecule has 2 fully saturated rings. The van der Waals surface area contributed by atoms with E-state index in [1.807, 2.05) is 0 Å². The quantitative estimate of drug-likeness (QED) is 0.797.